The molecule has 1 aromatic carbocycles. The summed E-state index contributed by atoms with van der Waals surface area (Å²) in [6, 6.07) is 9.00. The van der Waals surface area contributed by atoms with E-state index in [1.54, 1.807) is 6.07 Å². The molecule has 0 aliphatic rings. The van der Waals surface area contributed by atoms with E-state index < -0.39 is 9.84 Å². The number of carbonyl (C=O) groups excluding carboxylic acids is 1. The highest BCUT2D eigenvalue weighted by Gasteiger charge is 2.23. The molecule has 8 nitrogen and oxygen atoms in total. The lowest BCUT2D eigenvalue weighted by Gasteiger charge is -2.11. The smallest absolute Gasteiger partial charge is 0.208 e. The first-order valence-electron chi connectivity index (χ1n) is 7.38. The molecule has 0 amide bonds. The number of pyridine rings is 1. The number of sulfone groups is 1. The molecule has 0 atom stereocenters. The summed E-state index contributed by atoms with van der Waals surface area (Å²) in [5.74, 6) is 0.222. The van der Waals surface area contributed by atoms with Gasteiger partial charge in [-0.1, -0.05) is 24.3 Å². The number of hydrogen-bond donors (Lipinski definition) is 1. The van der Waals surface area contributed by atoms with Crippen molar-refractivity contribution in [2.45, 2.75) is 18.4 Å². The topological polar surface area (TPSA) is 119 Å². The molecule has 0 fully saturated rings. The molecule has 0 spiro atoms. The third kappa shape index (κ3) is 3.61. The van der Waals surface area contributed by atoms with Crippen molar-refractivity contribution in [2.75, 3.05) is 6.26 Å². The molecule has 128 valence electrons. The van der Waals surface area contributed by atoms with Crippen LogP contribution in [-0.2, 0) is 21.1 Å². The summed E-state index contributed by atoms with van der Waals surface area (Å²) in [5.41, 5.74) is 2.55. The second-order valence-electron chi connectivity index (χ2n) is 5.62. The van der Waals surface area contributed by atoms with Gasteiger partial charge in [0, 0.05) is 18.9 Å². The first-order valence-corrected chi connectivity index (χ1v) is 9.27. The minimum atomic E-state index is -3.59. The van der Waals surface area contributed by atoms with E-state index in [9.17, 15) is 13.2 Å². The van der Waals surface area contributed by atoms with Gasteiger partial charge in [-0.05, 0) is 34.9 Å². The molecule has 0 saturated heterocycles. The number of H-pyrrole nitrogens is 1. The van der Waals surface area contributed by atoms with Crippen molar-refractivity contribution >= 4 is 15.6 Å². The monoisotopic (exact) mass is 357 g/mol. The van der Waals surface area contributed by atoms with Gasteiger partial charge in [0.1, 0.15) is 5.78 Å². The van der Waals surface area contributed by atoms with Gasteiger partial charge in [0.15, 0.2) is 14.9 Å². The molecule has 1 N–H and O–H groups in total. The highest BCUT2D eigenvalue weighted by atomic mass is 32.2. The van der Waals surface area contributed by atoms with Crippen LogP contribution in [0.25, 0.3) is 22.5 Å². The summed E-state index contributed by atoms with van der Waals surface area (Å²) in [6.45, 7) is 1.53. The number of benzene rings is 1. The number of Topliss-reactive ketones (excluding diaryl/α,β-unsaturated/α-hetero) is 1. The first kappa shape index (κ1) is 16.9. The van der Waals surface area contributed by atoms with Gasteiger partial charge in [-0.3, -0.25) is 4.79 Å². The SMILES string of the molecule is CC(=O)Cc1ccc(-c2ccnc(S(C)(=O)=O)c2-c2nn[nH]n2)cc1. The van der Waals surface area contributed by atoms with Gasteiger partial charge in [-0.2, -0.15) is 5.21 Å². The molecular formula is C16H15N5O3S. The van der Waals surface area contributed by atoms with Crippen LogP contribution in [0.5, 0.6) is 0 Å². The Morgan fingerprint density at radius 1 is 1.16 bits per heavy atom. The quantitative estimate of drug-likeness (QED) is 0.734. The average Bonchev–Trinajstić information content (AvgIpc) is 3.08. The molecule has 0 saturated carbocycles. The molecular weight excluding hydrogens is 342 g/mol. The minimum absolute atomic E-state index is 0.0727. The third-order valence-electron chi connectivity index (χ3n) is 3.55. The number of ketones is 1. The van der Waals surface area contributed by atoms with Crippen molar-refractivity contribution in [3.05, 3.63) is 42.1 Å². The lowest BCUT2D eigenvalue weighted by atomic mass is 9.99. The van der Waals surface area contributed by atoms with E-state index >= 15 is 0 Å². The normalized spacial score (nSPS) is 11.4. The highest BCUT2D eigenvalue weighted by Crippen LogP contribution is 2.33. The van der Waals surface area contributed by atoms with Gasteiger partial charge in [0.25, 0.3) is 0 Å². The maximum absolute atomic E-state index is 12.1. The number of aromatic nitrogens is 5. The molecule has 0 aliphatic carbocycles. The number of nitrogens with zero attached hydrogens (tertiary/aromatic N) is 4. The molecule has 0 unspecified atom stereocenters. The summed E-state index contributed by atoms with van der Waals surface area (Å²) in [5, 5.41) is 13.5. The molecule has 3 rings (SSSR count). The van der Waals surface area contributed by atoms with Crippen LogP contribution in [0, 0.1) is 0 Å². The largest absolute Gasteiger partial charge is 0.300 e. The van der Waals surface area contributed by atoms with Crippen LogP contribution in [0.4, 0.5) is 0 Å². The Bertz CT molecular complexity index is 1010. The molecule has 0 radical (unpaired) electrons. The number of rotatable bonds is 5. The Hall–Kier alpha value is -2.94. The van der Waals surface area contributed by atoms with Crippen molar-refractivity contribution in [3.63, 3.8) is 0 Å². The predicted molar refractivity (Wildman–Crippen MR) is 90.3 cm³/mol. The van der Waals surface area contributed by atoms with Crippen LogP contribution < -0.4 is 0 Å². The van der Waals surface area contributed by atoms with Crippen LogP contribution in [0.2, 0.25) is 0 Å². The highest BCUT2D eigenvalue weighted by molar-refractivity contribution is 7.90. The average molecular weight is 357 g/mol. The first-order chi connectivity index (χ1) is 11.9. The van der Waals surface area contributed by atoms with Gasteiger partial charge < -0.3 is 0 Å². The zero-order chi connectivity index (χ0) is 18.0. The van der Waals surface area contributed by atoms with Crippen LogP contribution in [0.1, 0.15) is 12.5 Å². The Morgan fingerprint density at radius 2 is 1.88 bits per heavy atom. The van der Waals surface area contributed by atoms with E-state index in [0.29, 0.717) is 12.0 Å². The Kier molecular flexibility index (Phi) is 4.41. The molecule has 3 aromatic rings. The number of nitrogens with one attached hydrogen (secondary N) is 1. The fourth-order valence-electron chi connectivity index (χ4n) is 2.54. The lowest BCUT2D eigenvalue weighted by Crippen LogP contribution is -2.05. The number of carbonyl (C=O) groups is 1. The Morgan fingerprint density at radius 3 is 2.44 bits per heavy atom. The molecule has 0 aliphatic heterocycles. The van der Waals surface area contributed by atoms with Crippen LogP contribution in [0.15, 0.2) is 41.6 Å². The minimum Gasteiger partial charge on any atom is -0.300 e. The molecule has 0 bridgehead atoms. The third-order valence-corrected chi connectivity index (χ3v) is 4.57. The van der Waals surface area contributed by atoms with Crippen molar-refractivity contribution in [3.8, 4) is 22.5 Å². The van der Waals surface area contributed by atoms with Crippen LogP contribution in [0.3, 0.4) is 0 Å². The number of tetrazole rings is 1. The maximum atomic E-state index is 12.1. The zero-order valence-electron chi connectivity index (χ0n) is 13.6. The van der Waals surface area contributed by atoms with Gasteiger partial charge in [0.2, 0.25) is 5.82 Å². The lowest BCUT2D eigenvalue weighted by molar-refractivity contribution is -0.116. The van der Waals surface area contributed by atoms with Gasteiger partial charge in [-0.15, -0.1) is 10.2 Å². The van der Waals surface area contributed by atoms with Crippen molar-refractivity contribution < 1.29 is 13.2 Å². The fourth-order valence-corrected chi connectivity index (χ4v) is 3.36. The van der Waals surface area contributed by atoms with Gasteiger partial charge >= 0.3 is 0 Å². The summed E-state index contributed by atoms with van der Waals surface area (Å²) >= 11 is 0. The second-order valence-corrected chi connectivity index (χ2v) is 7.55. The van der Waals surface area contributed by atoms with Crippen molar-refractivity contribution in [2.24, 2.45) is 0 Å². The molecule has 25 heavy (non-hydrogen) atoms. The van der Waals surface area contributed by atoms with E-state index in [0.717, 1.165) is 17.4 Å². The van der Waals surface area contributed by atoms with Crippen molar-refractivity contribution in [1.29, 1.82) is 0 Å². The summed E-state index contributed by atoms with van der Waals surface area (Å²) in [6.07, 6.45) is 2.86. The summed E-state index contributed by atoms with van der Waals surface area (Å²) in [7, 11) is -3.59. The Labute approximate surface area is 144 Å². The van der Waals surface area contributed by atoms with Crippen LogP contribution in [-0.4, -0.2) is 46.1 Å². The fraction of sp³-hybridized carbons (Fsp3) is 0.188. The van der Waals surface area contributed by atoms with Gasteiger partial charge in [-0.25, -0.2) is 13.4 Å². The van der Waals surface area contributed by atoms with Crippen LogP contribution >= 0.6 is 0 Å². The maximum Gasteiger partial charge on any atom is 0.208 e. The molecule has 2 heterocycles. The zero-order valence-corrected chi connectivity index (χ0v) is 14.4. The Balaban J connectivity index is 2.18. The van der Waals surface area contributed by atoms with Gasteiger partial charge in [0.05, 0.1) is 5.56 Å². The predicted octanol–water partition coefficient (Wildman–Crippen LogP) is 1.46. The molecule has 2 aromatic heterocycles. The number of hydrogen-bond acceptors (Lipinski definition) is 7. The second kappa shape index (κ2) is 6.52. The molecule has 9 heteroatoms. The number of aromatic amines is 1. The standard InChI is InChI=1S/C16H15N5O3S/c1-10(22)9-11-3-5-12(6-4-11)13-7-8-17-16(25(2,23)24)14(13)15-18-20-21-19-15/h3-8H,9H2,1-2H3,(H,18,19,20,21). The van der Waals surface area contributed by atoms with E-state index in [1.165, 1.54) is 13.1 Å². The van der Waals surface area contributed by atoms with Crippen molar-refractivity contribution in [1.82, 2.24) is 25.6 Å². The van der Waals surface area contributed by atoms with E-state index in [4.69, 9.17) is 0 Å². The van der Waals surface area contributed by atoms with E-state index in [2.05, 4.69) is 25.6 Å². The van der Waals surface area contributed by atoms with E-state index in [-0.39, 0.29) is 22.2 Å². The summed E-state index contributed by atoms with van der Waals surface area (Å²) < 4.78 is 24.2. The summed E-state index contributed by atoms with van der Waals surface area (Å²) in [4.78, 5) is 15.2. The van der Waals surface area contributed by atoms with E-state index in [1.807, 2.05) is 24.3 Å².